The van der Waals surface area contributed by atoms with Crippen LogP contribution in [0.3, 0.4) is 0 Å². The molecule has 128 valence electrons. The first kappa shape index (κ1) is 18.1. The Labute approximate surface area is 157 Å². The third kappa shape index (κ3) is 3.22. The second-order valence-electron chi connectivity index (χ2n) is 6.03. The van der Waals surface area contributed by atoms with Gasteiger partial charge in [-0.25, -0.2) is 0 Å². The molecule has 25 heavy (non-hydrogen) atoms. The summed E-state index contributed by atoms with van der Waals surface area (Å²) < 4.78 is 0. The summed E-state index contributed by atoms with van der Waals surface area (Å²) in [5.74, 6) is 0. The predicted molar refractivity (Wildman–Crippen MR) is 115 cm³/mol. The standard InChI is InChI=1S/C22H22BrOP/c23-25(19-11-10-18-24,20-12-4-1-5-13-20,21-14-6-2-7-15-21)22-16-8-3-9-17-22/h1-17,24H,18-19H2/b11-10+. The molecular formula is C22H22BrOP. The van der Waals surface area contributed by atoms with Crippen LogP contribution in [0.5, 0.6) is 0 Å². The monoisotopic (exact) mass is 412 g/mol. The normalized spacial score (nSPS) is 13.4. The van der Waals surface area contributed by atoms with Gasteiger partial charge in [-0.15, -0.1) is 0 Å². The van der Waals surface area contributed by atoms with Gasteiger partial charge >= 0.3 is 158 Å². The van der Waals surface area contributed by atoms with E-state index in [0.29, 0.717) is 0 Å². The number of aliphatic hydroxyl groups excluding tert-OH is 1. The summed E-state index contributed by atoms with van der Waals surface area (Å²) in [6, 6.07) is 32.0. The van der Waals surface area contributed by atoms with Crippen molar-refractivity contribution in [1.82, 2.24) is 0 Å². The van der Waals surface area contributed by atoms with Crippen LogP contribution in [0.15, 0.2) is 103 Å². The van der Waals surface area contributed by atoms with E-state index in [9.17, 15) is 5.11 Å². The van der Waals surface area contributed by atoms with Crippen molar-refractivity contribution in [2.24, 2.45) is 0 Å². The number of hydrogen-bond acceptors (Lipinski definition) is 1. The van der Waals surface area contributed by atoms with Gasteiger partial charge in [-0.05, 0) is 0 Å². The van der Waals surface area contributed by atoms with E-state index in [1.807, 2.05) is 6.08 Å². The molecule has 0 aliphatic heterocycles. The summed E-state index contributed by atoms with van der Waals surface area (Å²) in [6.07, 6.45) is 4.74. The first-order valence-corrected chi connectivity index (χ1v) is 12.8. The maximum absolute atomic E-state index is 9.27. The van der Waals surface area contributed by atoms with Gasteiger partial charge in [0.25, 0.3) is 0 Å². The van der Waals surface area contributed by atoms with E-state index in [4.69, 9.17) is 0 Å². The fourth-order valence-electron chi connectivity index (χ4n) is 3.33. The number of aliphatic hydroxyl groups is 1. The van der Waals surface area contributed by atoms with Gasteiger partial charge in [0.1, 0.15) is 0 Å². The van der Waals surface area contributed by atoms with Crippen molar-refractivity contribution in [3.63, 3.8) is 0 Å². The molecule has 3 heteroatoms. The fourth-order valence-corrected chi connectivity index (χ4v) is 10.4. The Morgan fingerprint density at radius 2 is 1.00 bits per heavy atom. The zero-order valence-corrected chi connectivity index (χ0v) is 16.5. The van der Waals surface area contributed by atoms with Gasteiger partial charge in [0.15, 0.2) is 0 Å². The fraction of sp³-hybridized carbons (Fsp3) is 0.0909. The van der Waals surface area contributed by atoms with E-state index in [0.717, 1.165) is 6.16 Å². The van der Waals surface area contributed by atoms with Gasteiger partial charge in [0.2, 0.25) is 0 Å². The van der Waals surface area contributed by atoms with Gasteiger partial charge in [-0.1, -0.05) is 0 Å². The second-order valence-corrected chi connectivity index (χ2v) is 15.0. The van der Waals surface area contributed by atoms with Gasteiger partial charge < -0.3 is 0 Å². The van der Waals surface area contributed by atoms with Gasteiger partial charge in [-0.2, -0.15) is 0 Å². The van der Waals surface area contributed by atoms with Crippen LogP contribution < -0.4 is 15.9 Å². The maximum atomic E-state index is 9.27. The number of hydrogen-bond donors (Lipinski definition) is 1. The van der Waals surface area contributed by atoms with Crippen molar-refractivity contribution in [3.05, 3.63) is 103 Å². The summed E-state index contributed by atoms with van der Waals surface area (Å²) in [5.41, 5.74) is 0. The molecule has 0 aromatic heterocycles. The van der Waals surface area contributed by atoms with Crippen molar-refractivity contribution in [2.45, 2.75) is 0 Å². The van der Waals surface area contributed by atoms with Crippen LogP contribution in [0.1, 0.15) is 0 Å². The molecule has 0 unspecified atom stereocenters. The number of rotatable bonds is 6. The second kappa shape index (κ2) is 7.66. The van der Waals surface area contributed by atoms with E-state index in [2.05, 4.69) is 113 Å². The Balaban J connectivity index is 2.38. The third-order valence-electron chi connectivity index (χ3n) is 4.60. The molecule has 3 rings (SSSR count). The van der Waals surface area contributed by atoms with E-state index in [1.165, 1.54) is 15.9 Å². The van der Waals surface area contributed by atoms with E-state index >= 15 is 0 Å². The third-order valence-corrected chi connectivity index (χ3v) is 14.2. The Bertz CT molecular complexity index is 732. The first-order chi connectivity index (χ1) is 12.2. The molecule has 0 aliphatic carbocycles. The summed E-state index contributed by atoms with van der Waals surface area (Å²) >= 11 is 4.35. The molecule has 3 aromatic rings. The van der Waals surface area contributed by atoms with E-state index in [1.54, 1.807) is 0 Å². The van der Waals surface area contributed by atoms with Crippen LogP contribution in [0.2, 0.25) is 0 Å². The van der Waals surface area contributed by atoms with Crippen LogP contribution in [0.25, 0.3) is 0 Å². The number of allylic oxidation sites excluding steroid dienone is 1. The predicted octanol–water partition coefficient (Wildman–Crippen LogP) is 4.37. The minimum atomic E-state index is -2.86. The van der Waals surface area contributed by atoms with Crippen LogP contribution >= 0.6 is 20.8 Å². The van der Waals surface area contributed by atoms with Crippen LogP contribution in [0, 0.1) is 0 Å². The molecule has 0 radical (unpaired) electrons. The molecule has 0 fully saturated rings. The van der Waals surface area contributed by atoms with Crippen molar-refractivity contribution in [1.29, 1.82) is 0 Å². The summed E-state index contributed by atoms with van der Waals surface area (Å²) in [5, 5.41) is 10.3. The molecule has 0 atom stereocenters. The van der Waals surface area contributed by atoms with E-state index in [-0.39, 0.29) is 6.61 Å². The molecule has 0 bridgehead atoms. The average Bonchev–Trinajstić information content (AvgIpc) is 2.70. The van der Waals surface area contributed by atoms with Gasteiger partial charge in [0, 0.05) is 0 Å². The van der Waals surface area contributed by atoms with Crippen molar-refractivity contribution < 1.29 is 5.11 Å². The summed E-state index contributed by atoms with van der Waals surface area (Å²) in [7, 11) is 0. The first-order valence-electron chi connectivity index (χ1n) is 8.35. The molecule has 3 aromatic carbocycles. The molecule has 0 saturated heterocycles. The van der Waals surface area contributed by atoms with Crippen LogP contribution in [-0.2, 0) is 0 Å². The molecular weight excluding hydrogens is 391 g/mol. The van der Waals surface area contributed by atoms with Crippen molar-refractivity contribution in [3.8, 4) is 0 Å². The molecule has 1 nitrogen and oxygen atoms in total. The van der Waals surface area contributed by atoms with Crippen molar-refractivity contribution >= 4 is 36.7 Å². The zero-order valence-electron chi connectivity index (χ0n) is 14.0. The van der Waals surface area contributed by atoms with Gasteiger partial charge in [0.05, 0.1) is 0 Å². The minimum absolute atomic E-state index is 0.0534. The summed E-state index contributed by atoms with van der Waals surface area (Å²) in [6.45, 7) is 0.0534. The molecule has 0 spiro atoms. The van der Waals surface area contributed by atoms with Crippen molar-refractivity contribution in [2.75, 3.05) is 12.8 Å². The zero-order chi connectivity index (χ0) is 17.6. The Morgan fingerprint density at radius 1 is 0.640 bits per heavy atom. The quantitative estimate of drug-likeness (QED) is 0.470. The van der Waals surface area contributed by atoms with Crippen LogP contribution in [-0.4, -0.2) is 17.9 Å². The number of benzene rings is 3. The molecule has 0 aliphatic rings. The summed E-state index contributed by atoms with van der Waals surface area (Å²) in [4.78, 5) is 0. The molecule has 1 N–H and O–H groups in total. The van der Waals surface area contributed by atoms with E-state index < -0.39 is 5.31 Å². The Kier molecular flexibility index (Phi) is 5.54. The van der Waals surface area contributed by atoms with Gasteiger partial charge in [-0.3, -0.25) is 0 Å². The SMILES string of the molecule is OC/C=C/CP(Br)(c1ccccc1)(c1ccccc1)c1ccccc1. The molecule has 0 saturated carbocycles. The topological polar surface area (TPSA) is 20.2 Å². The Hall–Kier alpha value is -1.73. The molecule has 0 heterocycles. The average molecular weight is 413 g/mol. The number of halogens is 1. The molecule has 0 amide bonds. The van der Waals surface area contributed by atoms with Crippen LogP contribution in [0.4, 0.5) is 0 Å². The Morgan fingerprint density at radius 3 is 1.32 bits per heavy atom.